The van der Waals surface area contributed by atoms with Gasteiger partial charge in [-0.2, -0.15) is 5.11 Å². The van der Waals surface area contributed by atoms with Gasteiger partial charge >= 0.3 is 0 Å². The number of aryl methyl sites for hydroxylation is 1. The SMILES string of the molecule is c1ccc(CCC2N=NN=C2C2(c3ccccc3)CCCCC2)cc1. The molecule has 0 amide bonds. The fraction of sp³-hybridized carbons (Fsp3) is 0.409. The topological polar surface area (TPSA) is 37.1 Å². The Bertz CT molecular complexity index is 743. The van der Waals surface area contributed by atoms with E-state index in [0.717, 1.165) is 12.8 Å². The van der Waals surface area contributed by atoms with E-state index in [0.29, 0.717) is 0 Å². The predicted molar refractivity (Wildman–Crippen MR) is 102 cm³/mol. The normalized spacial score (nSPS) is 21.9. The molecule has 0 N–H and O–H groups in total. The summed E-state index contributed by atoms with van der Waals surface area (Å²) in [6, 6.07) is 21.7. The van der Waals surface area contributed by atoms with Crippen molar-refractivity contribution in [3.05, 3.63) is 71.8 Å². The van der Waals surface area contributed by atoms with Crippen molar-refractivity contribution in [2.24, 2.45) is 15.4 Å². The Morgan fingerprint density at radius 1 is 0.840 bits per heavy atom. The van der Waals surface area contributed by atoms with Crippen LogP contribution in [-0.4, -0.2) is 11.8 Å². The summed E-state index contributed by atoms with van der Waals surface area (Å²) < 4.78 is 0. The number of hydrogen-bond donors (Lipinski definition) is 0. The predicted octanol–water partition coefficient (Wildman–Crippen LogP) is 5.71. The van der Waals surface area contributed by atoms with Gasteiger partial charge in [-0.3, -0.25) is 0 Å². The Hall–Kier alpha value is -2.29. The molecule has 2 aliphatic rings. The molecule has 1 heterocycles. The highest BCUT2D eigenvalue weighted by molar-refractivity contribution is 5.99. The van der Waals surface area contributed by atoms with Crippen LogP contribution in [0, 0.1) is 0 Å². The molecule has 128 valence electrons. The van der Waals surface area contributed by atoms with Crippen LogP contribution < -0.4 is 0 Å². The third-order valence-corrected chi connectivity index (χ3v) is 5.73. The fourth-order valence-electron chi connectivity index (χ4n) is 4.42. The molecule has 3 heteroatoms. The van der Waals surface area contributed by atoms with E-state index in [-0.39, 0.29) is 11.5 Å². The lowest BCUT2D eigenvalue weighted by Gasteiger charge is -2.39. The van der Waals surface area contributed by atoms with Crippen LogP contribution in [-0.2, 0) is 11.8 Å². The molecule has 1 aliphatic carbocycles. The molecule has 1 saturated carbocycles. The molecule has 0 aromatic heterocycles. The Labute approximate surface area is 149 Å². The van der Waals surface area contributed by atoms with Crippen LogP contribution in [0.3, 0.4) is 0 Å². The molecule has 1 fully saturated rings. The van der Waals surface area contributed by atoms with Gasteiger partial charge in [-0.15, -0.1) is 5.10 Å². The second kappa shape index (κ2) is 7.30. The lowest BCUT2D eigenvalue weighted by atomic mass is 9.64. The molecule has 1 aliphatic heterocycles. The van der Waals surface area contributed by atoms with Gasteiger partial charge in [-0.25, -0.2) is 0 Å². The molecule has 0 radical (unpaired) electrons. The number of hydrogen-bond acceptors (Lipinski definition) is 3. The number of benzene rings is 2. The van der Waals surface area contributed by atoms with E-state index in [4.69, 9.17) is 0 Å². The standard InChI is InChI=1S/C22H25N3/c1-4-10-18(11-5-1)14-15-20-21(24-25-23-20)22(16-8-3-9-17-22)19-12-6-2-7-13-19/h1-2,4-7,10-13,20H,3,8-9,14-17H2. The minimum atomic E-state index is 0.0321. The summed E-state index contributed by atoms with van der Waals surface area (Å²) in [6.07, 6.45) is 8.20. The molecular formula is C22H25N3. The first-order chi connectivity index (χ1) is 12.4. The number of rotatable bonds is 5. The maximum Gasteiger partial charge on any atom is 0.114 e. The van der Waals surface area contributed by atoms with Crippen LogP contribution in [0.15, 0.2) is 76.1 Å². The zero-order valence-electron chi connectivity index (χ0n) is 14.6. The molecule has 2 aromatic rings. The first-order valence-electron chi connectivity index (χ1n) is 9.46. The average molecular weight is 331 g/mol. The summed E-state index contributed by atoms with van der Waals surface area (Å²) in [5.74, 6) is 0. The molecule has 3 nitrogen and oxygen atoms in total. The van der Waals surface area contributed by atoms with E-state index in [1.807, 2.05) is 0 Å². The summed E-state index contributed by atoms with van der Waals surface area (Å²) in [5, 5.41) is 13.2. The largest absolute Gasteiger partial charge is 0.159 e. The second-order valence-corrected chi connectivity index (χ2v) is 7.24. The Kier molecular flexibility index (Phi) is 4.73. The molecule has 25 heavy (non-hydrogen) atoms. The summed E-state index contributed by atoms with van der Waals surface area (Å²) in [6.45, 7) is 0. The van der Waals surface area contributed by atoms with Gasteiger partial charge in [0.15, 0.2) is 0 Å². The molecule has 0 spiro atoms. The van der Waals surface area contributed by atoms with Crippen molar-refractivity contribution in [1.29, 1.82) is 0 Å². The average Bonchev–Trinajstić information content (AvgIpc) is 3.18. The lowest BCUT2D eigenvalue weighted by molar-refractivity contribution is 0.373. The van der Waals surface area contributed by atoms with Crippen LogP contribution in [0.1, 0.15) is 49.7 Å². The Morgan fingerprint density at radius 3 is 2.24 bits per heavy atom. The van der Waals surface area contributed by atoms with Gasteiger partial charge < -0.3 is 0 Å². The minimum Gasteiger partial charge on any atom is -0.159 e. The fourth-order valence-corrected chi connectivity index (χ4v) is 4.42. The van der Waals surface area contributed by atoms with Crippen molar-refractivity contribution in [3.63, 3.8) is 0 Å². The van der Waals surface area contributed by atoms with Crippen molar-refractivity contribution < 1.29 is 0 Å². The third-order valence-electron chi connectivity index (χ3n) is 5.73. The molecule has 4 rings (SSSR count). The van der Waals surface area contributed by atoms with Crippen LogP contribution in [0.4, 0.5) is 0 Å². The zero-order chi connectivity index (χ0) is 17.0. The van der Waals surface area contributed by atoms with E-state index in [1.54, 1.807) is 0 Å². The van der Waals surface area contributed by atoms with Crippen LogP contribution in [0.2, 0.25) is 0 Å². The van der Waals surface area contributed by atoms with E-state index in [1.165, 1.54) is 48.9 Å². The van der Waals surface area contributed by atoms with E-state index >= 15 is 0 Å². The smallest absolute Gasteiger partial charge is 0.114 e. The van der Waals surface area contributed by atoms with Gasteiger partial charge in [0.2, 0.25) is 0 Å². The highest BCUT2D eigenvalue weighted by Crippen LogP contribution is 2.43. The van der Waals surface area contributed by atoms with Crippen LogP contribution in [0.25, 0.3) is 0 Å². The van der Waals surface area contributed by atoms with Gasteiger partial charge in [0.05, 0.1) is 5.71 Å². The molecular weight excluding hydrogens is 306 g/mol. The molecule has 0 bridgehead atoms. The Morgan fingerprint density at radius 2 is 1.52 bits per heavy atom. The first-order valence-corrected chi connectivity index (χ1v) is 9.46. The summed E-state index contributed by atoms with van der Waals surface area (Å²) in [4.78, 5) is 0. The van der Waals surface area contributed by atoms with E-state index in [9.17, 15) is 0 Å². The maximum atomic E-state index is 4.58. The number of nitrogens with zero attached hydrogens (tertiary/aromatic N) is 3. The highest BCUT2D eigenvalue weighted by atomic mass is 15.4. The van der Waals surface area contributed by atoms with Crippen LogP contribution in [0.5, 0.6) is 0 Å². The zero-order valence-corrected chi connectivity index (χ0v) is 14.6. The second-order valence-electron chi connectivity index (χ2n) is 7.24. The van der Waals surface area contributed by atoms with Crippen molar-refractivity contribution in [2.75, 3.05) is 0 Å². The van der Waals surface area contributed by atoms with Gasteiger partial charge in [0.1, 0.15) is 6.04 Å². The molecule has 1 unspecified atom stereocenters. The van der Waals surface area contributed by atoms with Gasteiger partial charge in [0.25, 0.3) is 0 Å². The minimum absolute atomic E-state index is 0.0321. The maximum absolute atomic E-state index is 4.58. The molecule has 0 saturated heterocycles. The van der Waals surface area contributed by atoms with E-state index in [2.05, 4.69) is 76.1 Å². The van der Waals surface area contributed by atoms with Crippen molar-refractivity contribution in [2.45, 2.75) is 56.4 Å². The van der Waals surface area contributed by atoms with Crippen molar-refractivity contribution in [3.8, 4) is 0 Å². The quantitative estimate of drug-likeness (QED) is 0.673. The lowest BCUT2D eigenvalue weighted by Crippen LogP contribution is -2.42. The third kappa shape index (κ3) is 3.28. The van der Waals surface area contributed by atoms with Gasteiger partial charge in [-0.1, -0.05) is 79.9 Å². The summed E-state index contributed by atoms with van der Waals surface area (Å²) in [7, 11) is 0. The van der Waals surface area contributed by atoms with E-state index < -0.39 is 0 Å². The van der Waals surface area contributed by atoms with Gasteiger partial charge in [-0.05, 0) is 42.0 Å². The van der Waals surface area contributed by atoms with Crippen LogP contribution >= 0.6 is 0 Å². The first kappa shape index (κ1) is 16.2. The van der Waals surface area contributed by atoms with Crippen molar-refractivity contribution in [1.82, 2.24) is 0 Å². The van der Waals surface area contributed by atoms with Gasteiger partial charge in [0, 0.05) is 5.41 Å². The Balaban J connectivity index is 1.58. The van der Waals surface area contributed by atoms with Crippen molar-refractivity contribution >= 4 is 5.71 Å². The monoisotopic (exact) mass is 331 g/mol. The molecule has 1 atom stereocenters. The summed E-state index contributed by atoms with van der Waals surface area (Å²) in [5.41, 5.74) is 3.99. The summed E-state index contributed by atoms with van der Waals surface area (Å²) >= 11 is 0. The molecule has 2 aromatic carbocycles. The highest BCUT2D eigenvalue weighted by Gasteiger charge is 2.43.